The maximum absolute atomic E-state index is 13.0. The molecule has 31 heavy (non-hydrogen) atoms. The monoisotopic (exact) mass is 433 g/mol. The van der Waals surface area contributed by atoms with Crippen LogP contribution in [0.1, 0.15) is 33.5 Å². The molecule has 7 nitrogen and oxygen atoms in total. The number of aryl methyl sites for hydroxylation is 1. The zero-order valence-corrected chi connectivity index (χ0v) is 17.5. The van der Waals surface area contributed by atoms with E-state index in [-0.39, 0.29) is 11.9 Å². The Labute approximate surface area is 182 Å². The van der Waals surface area contributed by atoms with E-state index in [0.717, 1.165) is 15.8 Å². The van der Waals surface area contributed by atoms with Crippen molar-refractivity contribution < 1.29 is 18.7 Å². The maximum Gasteiger partial charge on any atom is 0.340 e. The molecule has 0 saturated carbocycles. The maximum atomic E-state index is 13.0. The summed E-state index contributed by atoms with van der Waals surface area (Å²) in [5.74, 6) is -0.287. The van der Waals surface area contributed by atoms with Gasteiger partial charge in [-0.1, -0.05) is 24.3 Å². The van der Waals surface area contributed by atoms with Crippen molar-refractivity contribution in [2.45, 2.75) is 12.5 Å². The molecule has 3 aromatic heterocycles. The summed E-state index contributed by atoms with van der Waals surface area (Å²) in [4.78, 5) is 26.7. The molecule has 1 aliphatic heterocycles. The molecule has 4 heterocycles. The van der Waals surface area contributed by atoms with Crippen molar-refractivity contribution in [1.29, 1.82) is 0 Å². The number of nitrogens with zero attached hydrogens (tertiary/aromatic N) is 3. The van der Waals surface area contributed by atoms with Crippen molar-refractivity contribution in [3.63, 3.8) is 0 Å². The second kappa shape index (κ2) is 7.88. The van der Waals surface area contributed by atoms with E-state index in [4.69, 9.17) is 9.15 Å². The summed E-state index contributed by atoms with van der Waals surface area (Å²) in [6.45, 7) is -0.390. The van der Waals surface area contributed by atoms with Gasteiger partial charge in [0.15, 0.2) is 6.61 Å². The Bertz CT molecular complexity index is 1270. The molecule has 1 amide bonds. The van der Waals surface area contributed by atoms with Crippen molar-refractivity contribution in [1.82, 2.24) is 9.58 Å². The fourth-order valence-corrected chi connectivity index (χ4v) is 4.62. The normalized spacial score (nSPS) is 16.0. The summed E-state index contributed by atoms with van der Waals surface area (Å²) in [6.07, 6.45) is 3.83. The van der Waals surface area contributed by atoms with E-state index in [9.17, 15) is 9.59 Å². The molecule has 156 valence electrons. The number of amides is 1. The third kappa shape index (κ3) is 3.55. The number of benzene rings is 1. The number of aromatic nitrogens is 1. The first-order valence-corrected chi connectivity index (χ1v) is 10.7. The number of carbonyl (C=O) groups is 2. The fraction of sp³-hybridized carbons (Fsp3) is 0.174. The van der Waals surface area contributed by atoms with E-state index in [1.807, 2.05) is 59.5 Å². The van der Waals surface area contributed by atoms with Crippen LogP contribution in [0.5, 0.6) is 0 Å². The number of thiophene rings is 1. The van der Waals surface area contributed by atoms with Gasteiger partial charge in [-0.15, -0.1) is 11.3 Å². The number of hydrazone groups is 1. The second-order valence-electron chi connectivity index (χ2n) is 7.24. The SMILES string of the molecule is Cn1cc(C(=O)OCC(=O)N2N=C(c3ccco3)C[C@@H]2c2cccs2)c2ccccc21. The van der Waals surface area contributed by atoms with Crippen LogP contribution in [-0.2, 0) is 16.6 Å². The van der Waals surface area contributed by atoms with Crippen LogP contribution in [0.25, 0.3) is 10.9 Å². The van der Waals surface area contributed by atoms with Gasteiger partial charge in [-0.2, -0.15) is 5.10 Å². The van der Waals surface area contributed by atoms with Gasteiger partial charge in [-0.25, -0.2) is 9.80 Å². The van der Waals surface area contributed by atoms with Crippen molar-refractivity contribution in [2.75, 3.05) is 6.61 Å². The van der Waals surface area contributed by atoms with Crippen LogP contribution >= 0.6 is 11.3 Å². The highest BCUT2D eigenvalue weighted by atomic mass is 32.1. The zero-order chi connectivity index (χ0) is 21.4. The first kappa shape index (κ1) is 19.3. The third-order valence-corrected chi connectivity index (χ3v) is 6.26. The van der Waals surface area contributed by atoms with Gasteiger partial charge in [0.25, 0.3) is 5.91 Å². The van der Waals surface area contributed by atoms with Crippen LogP contribution < -0.4 is 0 Å². The average molecular weight is 433 g/mol. The number of esters is 1. The largest absolute Gasteiger partial charge is 0.463 e. The molecule has 1 aromatic carbocycles. The average Bonchev–Trinajstić information content (AvgIpc) is 3.58. The highest BCUT2D eigenvalue weighted by Crippen LogP contribution is 2.35. The Kier molecular flexibility index (Phi) is 4.91. The van der Waals surface area contributed by atoms with Gasteiger partial charge in [0, 0.05) is 35.4 Å². The van der Waals surface area contributed by atoms with Gasteiger partial charge in [0.2, 0.25) is 0 Å². The number of rotatable bonds is 5. The van der Waals surface area contributed by atoms with Crippen molar-refractivity contribution >= 4 is 39.8 Å². The van der Waals surface area contributed by atoms with E-state index >= 15 is 0 Å². The molecule has 5 rings (SSSR count). The summed E-state index contributed by atoms with van der Waals surface area (Å²) >= 11 is 1.56. The van der Waals surface area contributed by atoms with Crippen LogP contribution in [0, 0.1) is 0 Å². The van der Waals surface area contributed by atoms with Crippen molar-refractivity contribution in [3.8, 4) is 0 Å². The number of ether oxygens (including phenoxy) is 1. The van der Waals surface area contributed by atoms with Gasteiger partial charge < -0.3 is 13.7 Å². The van der Waals surface area contributed by atoms with Crippen molar-refractivity contribution in [3.05, 3.63) is 82.6 Å². The summed E-state index contributed by atoms with van der Waals surface area (Å²) < 4.78 is 12.7. The Morgan fingerprint density at radius 2 is 2.06 bits per heavy atom. The van der Waals surface area contributed by atoms with Crippen LogP contribution in [0.3, 0.4) is 0 Å². The molecule has 0 N–H and O–H groups in total. The predicted molar refractivity (Wildman–Crippen MR) is 117 cm³/mol. The molecule has 8 heteroatoms. The van der Waals surface area contributed by atoms with E-state index in [0.29, 0.717) is 23.5 Å². The lowest BCUT2D eigenvalue weighted by Gasteiger charge is -2.20. The minimum atomic E-state index is -0.535. The molecule has 0 aliphatic carbocycles. The lowest BCUT2D eigenvalue weighted by atomic mass is 10.1. The Hall–Kier alpha value is -3.65. The number of fused-ring (bicyclic) bond motifs is 1. The minimum absolute atomic E-state index is 0.246. The zero-order valence-electron chi connectivity index (χ0n) is 16.7. The quantitative estimate of drug-likeness (QED) is 0.438. The van der Waals surface area contributed by atoms with Gasteiger partial charge in [0.1, 0.15) is 11.5 Å². The standard InChI is InChI=1S/C23H19N3O4S/c1-25-13-16(15-6-2-3-7-18(15)25)23(28)30-14-22(27)26-19(21-9-5-11-31-21)12-17(24-26)20-8-4-10-29-20/h2-11,13,19H,12,14H2,1H3/t19-/m1/s1. The third-order valence-electron chi connectivity index (χ3n) is 5.29. The number of hydrogen-bond donors (Lipinski definition) is 0. The summed E-state index contributed by atoms with van der Waals surface area (Å²) in [5.41, 5.74) is 2.05. The molecule has 0 bridgehead atoms. The molecular formula is C23H19N3O4S. The van der Waals surface area contributed by atoms with Crippen molar-refractivity contribution in [2.24, 2.45) is 12.1 Å². The summed E-state index contributed by atoms with van der Waals surface area (Å²) in [7, 11) is 1.87. The van der Waals surface area contributed by atoms with Gasteiger partial charge in [-0.3, -0.25) is 4.79 Å². The molecule has 0 radical (unpaired) electrons. The van der Waals surface area contributed by atoms with Gasteiger partial charge >= 0.3 is 5.97 Å². The predicted octanol–water partition coefficient (Wildman–Crippen LogP) is 4.37. The van der Waals surface area contributed by atoms with Gasteiger partial charge in [0.05, 0.1) is 17.9 Å². The Morgan fingerprint density at radius 3 is 2.84 bits per heavy atom. The number of carbonyl (C=O) groups excluding carboxylic acids is 2. The molecular weight excluding hydrogens is 414 g/mol. The number of para-hydroxylation sites is 1. The number of hydrogen-bond acceptors (Lipinski definition) is 6. The lowest BCUT2D eigenvalue weighted by Crippen LogP contribution is -2.31. The van der Waals surface area contributed by atoms with Crippen LogP contribution in [0.15, 0.2) is 75.9 Å². The molecule has 1 aliphatic rings. The first-order valence-electron chi connectivity index (χ1n) is 9.80. The first-order chi connectivity index (χ1) is 15.1. The fourth-order valence-electron chi connectivity index (χ4n) is 3.81. The number of furan rings is 1. The Morgan fingerprint density at radius 1 is 1.19 bits per heavy atom. The van der Waals surface area contributed by atoms with E-state index in [2.05, 4.69) is 5.10 Å². The van der Waals surface area contributed by atoms with E-state index < -0.39 is 12.6 Å². The second-order valence-corrected chi connectivity index (χ2v) is 8.22. The molecule has 0 fully saturated rings. The highest BCUT2D eigenvalue weighted by Gasteiger charge is 2.35. The van der Waals surface area contributed by atoms with Crippen LogP contribution in [0.2, 0.25) is 0 Å². The molecule has 0 spiro atoms. The summed E-state index contributed by atoms with van der Waals surface area (Å²) in [5, 5.41) is 8.65. The highest BCUT2D eigenvalue weighted by molar-refractivity contribution is 7.10. The molecule has 4 aromatic rings. The topological polar surface area (TPSA) is 77.0 Å². The van der Waals surface area contributed by atoms with Crippen LogP contribution in [-0.4, -0.2) is 33.8 Å². The van der Waals surface area contributed by atoms with E-state index in [1.165, 1.54) is 5.01 Å². The molecule has 0 unspecified atom stereocenters. The minimum Gasteiger partial charge on any atom is -0.463 e. The Balaban J connectivity index is 1.35. The molecule has 0 saturated heterocycles. The van der Waals surface area contributed by atoms with Gasteiger partial charge in [-0.05, 0) is 29.6 Å². The lowest BCUT2D eigenvalue weighted by molar-refractivity contribution is -0.136. The molecule has 1 atom stereocenters. The summed E-state index contributed by atoms with van der Waals surface area (Å²) in [6, 6.07) is 14.8. The van der Waals surface area contributed by atoms with E-state index in [1.54, 1.807) is 29.9 Å². The smallest absolute Gasteiger partial charge is 0.340 e. The van der Waals surface area contributed by atoms with Crippen LogP contribution in [0.4, 0.5) is 0 Å².